The Kier molecular flexibility index (Phi) is 8.76. The number of hydrogen-bond donors (Lipinski definition) is 3. The molecule has 4 N–H and O–H groups in total. The molecule has 0 aliphatic carbocycles. The van der Waals surface area contributed by atoms with Gasteiger partial charge in [-0.25, -0.2) is 21.9 Å². The molecule has 0 unspecified atom stereocenters. The lowest BCUT2D eigenvalue weighted by molar-refractivity contribution is 0.0118. The molecule has 0 aromatic heterocycles. The molecule has 0 aliphatic rings. The second kappa shape index (κ2) is 9.26. The average molecular weight is 386 g/mol. The fourth-order valence-corrected chi connectivity index (χ4v) is 2.74. The van der Waals surface area contributed by atoms with E-state index in [0.717, 1.165) is 0 Å². The summed E-state index contributed by atoms with van der Waals surface area (Å²) >= 11 is 0. The Morgan fingerprint density at radius 2 is 1.79 bits per heavy atom. The van der Waals surface area contributed by atoms with Crippen molar-refractivity contribution >= 4 is 28.3 Å². The molecule has 0 saturated carbocycles. The van der Waals surface area contributed by atoms with Crippen molar-refractivity contribution in [3.05, 3.63) is 29.8 Å². The summed E-state index contributed by atoms with van der Waals surface area (Å²) in [5.74, 6) is -3.75. The van der Waals surface area contributed by atoms with Crippen LogP contribution in [0.25, 0.3) is 0 Å². The Hall–Kier alpha value is -1.29. The van der Waals surface area contributed by atoms with E-state index in [0.29, 0.717) is 6.54 Å². The third-order valence-electron chi connectivity index (χ3n) is 2.91. The van der Waals surface area contributed by atoms with Gasteiger partial charge in [-0.1, -0.05) is 13.8 Å². The van der Waals surface area contributed by atoms with Crippen molar-refractivity contribution in [1.29, 1.82) is 0 Å². The minimum Gasteiger partial charge on any atom is -0.346 e. The predicted molar refractivity (Wildman–Crippen MR) is 90.1 cm³/mol. The summed E-state index contributed by atoms with van der Waals surface area (Å²) < 4.78 is 52.4. The number of halogens is 3. The normalized spacial score (nSPS) is 11.9. The van der Waals surface area contributed by atoms with Crippen molar-refractivity contribution in [2.45, 2.75) is 24.7 Å². The fraction of sp³-hybridized carbons (Fsp3) is 0.500. The number of rotatable bonds is 8. The van der Waals surface area contributed by atoms with Gasteiger partial charge in [-0.3, -0.25) is 4.79 Å². The summed E-state index contributed by atoms with van der Waals surface area (Å²) in [5.41, 5.74) is 4.96. The van der Waals surface area contributed by atoms with Crippen molar-refractivity contribution in [3.63, 3.8) is 0 Å². The minimum absolute atomic E-state index is 0. The monoisotopic (exact) mass is 385 g/mol. The molecule has 0 atom stereocenters. The van der Waals surface area contributed by atoms with Gasteiger partial charge in [0.25, 0.3) is 11.8 Å². The summed E-state index contributed by atoms with van der Waals surface area (Å²) in [6, 6.07) is 5.02. The second-order valence-electron chi connectivity index (χ2n) is 5.51. The second-order valence-corrected chi connectivity index (χ2v) is 7.28. The van der Waals surface area contributed by atoms with Crippen LogP contribution in [0, 0.1) is 5.92 Å². The van der Waals surface area contributed by atoms with Crippen molar-refractivity contribution in [3.8, 4) is 0 Å². The van der Waals surface area contributed by atoms with E-state index in [2.05, 4.69) is 10.0 Å². The summed E-state index contributed by atoms with van der Waals surface area (Å²) in [7, 11) is -3.66. The van der Waals surface area contributed by atoms with Crippen molar-refractivity contribution in [2.75, 3.05) is 19.6 Å². The van der Waals surface area contributed by atoms with Gasteiger partial charge in [0.05, 0.1) is 18.0 Å². The summed E-state index contributed by atoms with van der Waals surface area (Å²) in [5, 5.41) is 2.05. The molecule has 24 heavy (non-hydrogen) atoms. The molecule has 0 spiro atoms. The topological polar surface area (TPSA) is 101 Å². The van der Waals surface area contributed by atoms with Gasteiger partial charge in [0.15, 0.2) is 0 Å². The Morgan fingerprint density at radius 3 is 2.25 bits per heavy atom. The molecule has 1 amide bonds. The van der Waals surface area contributed by atoms with E-state index in [9.17, 15) is 22.0 Å². The van der Waals surface area contributed by atoms with Crippen LogP contribution in [0.2, 0.25) is 0 Å². The number of hydrogen-bond acceptors (Lipinski definition) is 4. The van der Waals surface area contributed by atoms with Crippen LogP contribution in [0.1, 0.15) is 24.2 Å². The van der Waals surface area contributed by atoms with E-state index >= 15 is 0 Å². The Morgan fingerprint density at radius 1 is 1.25 bits per heavy atom. The molecule has 1 rings (SSSR count). The zero-order chi connectivity index (χ0) is 17.7. The van der Waals surface area contributed by atoms with Gasteiger partial charge >= 0.3 is 0 Å². The number of alkyl halides is 2. The highest BCUT2D eigenvalue weighted by molar-refractivity contribution is 7.89. The zero-order valence-corrected chi connectivity index (χ0v) is 15.0. The number of amides is 1. The van der Waals surface area contributed by atoms with Gasteiger partial charge in [0.1, 0.15) is 0 Å². The van der Waals surface area contributed by atoms with Crippen molar-refractivity contribution in [2.24, 2.45) is 11.7 Å². The first kappa shape index (κ1) is 22.7. The molecule has 1 aromatic carbocycles. The molecule has 1 aromatic rings. The highest BCUT2D eigenvalue weighted by Gasteiger charge is 2.27. The van der Waals surface area contributed by atoms with E-state index in [1.54, 1.807) is 0 Å². The maximum atomic E-state index is 13.0. The molecular weight excluding hydrogens is 364 g/mol. The van der Waals surface area contributed by atoms with Gasteiger partial charge in [-0.15, -0.1) is 12.4 Å². The maximum Gasteiger partial charge on any atom is 0.277 e. The maximum absolute atomic E-state index is 13.0. The van der Waals surface area contributed by atoms with Gasteiger partial charge < -0.3 is 11.1 Å². The Labute approximate surface area is 146 Å². The molecule has 138 valence electrons. The number of benzene rings is 1. The van der Waals surface area contributed by atoms with Crippen LogP contribution in [-0.2, 0) is 10.0 Å². The molecule has 0 radical (unpaired) electrons. The Bertz CT molecular complexity index is 637. The molecule has 0 aliphatic heterocycles. The van der Waals surface area contributed by atoms with Crippen LogP contribution < -0.4 is 15.8 Å². The van der Waals surface area contributed by atoms with Crippen LogP contribution in [0.5, 0.6) is 0 Å². The lowest BCUT2D eigenvalue weighted by Gasteiger charge is -2.14. The average Bonchev–Trinajstić information content (AvgIpc) is 2.51. The van der Waals surface area contributed by atoms with Gasteiger partial charge in [0, 0.05) is 12.1 Å². The summed E-state index contributed by atoms with van der Waals surface area (Å²) in [6.07, 6.45) is 0. The van der Waals surface area contributed by atoms with Gasteiger partial charge in [-0.05, 0) is 30.2 Å². The van der Waals surface area contributed by atoms with E-state index < -0.39 is 34.9 Å². The first-order valence-electron chi connectivity index (χ1n) is 7.03. The SMILES string of the molecule is CC(C)CNS(=O)(=O)c1ccc(C(=O)NCC(F)(F)CN)cc1.Cl. The minimum atomic E-state index is -3.66. The Balaban J connectivity index is 0.00000529. The molecule has 0 saturated heterocycles. The van der Waals surface area contributed by atoms with E-state index in [1.165, 1.54) is 24.3 Å². The molecule has 0 fully saturated rings. The number of nitrogens with two attached hydrogens (primary N) is 1. The molecule has 6 nitrogen and oxygen atoms in total. The lowest BCUT2D eigenvalue weighted by atomic mass is 10.2. The molecule has 0 heterocycles. The predicted octanol–water partition coefficient (Wildman–Crippen LogP) is 1.37. The standard InChI is InChI=1S/C14H21F2N3O3S.ClH/c1-10(2)7-19-23(21,22)12-5-3-11(4-6-12)13(20)18-9-14(15,16)8-17;/h3-6,10,19H,7-9,17H2,1-2H3,(H,18,20);1H. The number of nitrogens with one attached hydrogen (secondary N) is 2. The van der Waals surface area contributed by atoms with Crippen molar-refractivity contribution < 1.29 is 22.0 Å². The molecular formula is C14H22ClF2N3O3S. The van der Waals surface area contributed by atoms with E-state index in [-0.39, 0.29) is 28.8 Å². The number of carbonyl (C=O) groups is 1. The quantitative estimate of drug-likeness (QED) is 0.629. The van der Waals surface area contributed by atoms with Crippen molar-refractivity contribution in [1.82, 2.24) is 10.0 Å². The number of sulfonamides is 1. The summed E-state index contributed by atoms with van der Waals surface area (Å²) in [6.45, 7) is 2.28. The summed E-state index contributed by atoms with van der Waals surface area (Å²) in [4.78, 5) is 11.7. The van der Waals surface area contributed by atoms with Gasteiger partial charge in [0.2, 0.25) is 10.0 Å². The number of carbonyl (C=O) groups excluding carboxylic acids is 1. The van der Waals surface area contributed by atoms with Crippen LogP contribution in [0.4, 0.5) is 8.78 Å². The largest absolute Gasteiger partial charge is 0.346 e. The first-order valence-corrected chi connectivity index (χ1v) is 8.51. The molecule has 10 heteroatoms. The smallest absolute Gasteiger partial charge is 0.277 e. The fourth-order valence-electron chi connectivity index (χ4n) is 1.53. The van der Waals surface area contributed by atoms with E-state index in [1.807, 2.05) is 13.8 Å². The first-order chi connectivity index (χ1) is 10.6. The highest BCUT2D eigenvalue weighted by Crippen LogP contribution is 2.12. The van der Waals surface area contributed by atoms with Crippen LogP contribution in [0.15, 0.2) is 29.2 Å². The molecule has 0 bridgehead atoms. The lowest BCUT2D eigenvalue weighted by Crippen LogP contribution is -2.41. The highest BCUT2D eigenvalue weighted by atomic mass is 35.5. The van der Waals surface area contributed by atoms with E-state index in [4.69, 9.17) is 5.73 Å². The van der Waals surface area contributed by atoms with Gasteiger partial charge in [-0.2, -0.15) is 0 Å². The zero-order valence-electron chi connectivity index (χ0n) is 13.4. The van der Waals surface area contributed by atoms with Crippen LogP contribution in [0.3, 0.4) is 0 Å². The third-order valence-corrected chi connectivity index (χ3v) is 4.35. The van der Waals surface area contributed by atoms with Crippen LogP contribution in [-0.4, -0.2) is 39.9 Å². The third kappa shape index (κ3) is 7.08. The van der Waals surface area contributed by atoms with Crippen LogP contribution >= 0.6 is 12.4 Å².